The van der Waals surface area contributed by atoms with Crippen LogP contribution in [0.3, 0.4) is 0 Å². The monoisotopic (exact) mass is 562 g/mol. The van der Waals surface area contributed by atoms with E-state index in [1.807, 2.05) is 60.7 Å². The number of aliphatic hydroxyl groups excluding tert-OH is 1. The van der Waals surface area contributed by atoms with E-state index in [0.717, 1.165) is 11.1 Å². The van der Waals surface area contributed by atoms with Crippen LogP contribution in [-0.4, -0.2) is 38.3 Å². The van der Waals surface area contributed by atoms with E-state index in [1.54, 1.807) is 0 Å². The van der Waals surface area contributed by atoms with E-state index in [1.165, 1.54) is 0 Å². The van der Waals surface area contributed by atoms with Crippen molar-refractivity contribution in [3.63, 3.8) is 0 Å². The highest BCUT2D eigenvalue weighted by molar-refractivity contribution is 9.26. The van der Waals surface area contributed by atoms with E-state index < -0.39 is 26.6 Å². The maximum Gasteiger partial charge on any atom is 0.145 e. The van der Waals surface area contributed by atoms with Crippen molar-refractivity contribution in [3.8, 4) is 0 Å². The Morgan fingerprint density at radius 2 is 1.48 bits per heavy atom. The molecule has 1 saturated heterocycles. The van der Waals surface area contributed by atoms with Crippen molar-refractivity contribution in [3.05, 3.63) is 71.8 Å². The summed E-state index contributed by atoms with van der Waals surface area (Å²) >= 11 is 10.5. The molecule has 1 N–H and O–H groups in total. The first-order valence-corrected chi connectivity index (χ1v) is 11.1. The Labute approximate surface area is 184 Å². The summed E-state index contributed by atoms with van der Waals surface area (Å²) in [6, 6.07) is 19.8. The predicted molar refractivity (Wildman–Crippen MR) is 115 cm³/mol. The van der Waals surface area contributed by atoms with Crippen molar-refractivity contribution in [2.75, 3.05) is 6.61 Å². The van der Waals surface area contributed by atoms with Crippen molar-refractivity contribution in [2.24, 2.45) is 0 Å². The fraction of sp³-hybridized carbons (Fsp3) is 0.400. The van der Waals surface area contributed by atoms with Crippen LogP contribution in [0.25, 0.3) is 0 Å². The Kier molecular flexibility index (Phi) is 7.91. The SMILES string of the molecule is O[C@H]1[C@H](OCc2ccccc2)[C@@H](COCc2ccccc2)O[C@H](Br)C1(Br)Br. The number of ether oxygens (including phenoxy) is 3. The van der Waals surface area contributed by atoms with Gasteiger partial charge in [0.25, 0.3) is 0 Å². The van der Waals surface area contributed by atoms with Gasteiger partial charge in [0.15, 0.2) is 0 Å². The Bertz CT molecular complexity index is 699. The first-order valence-electron chi connectivity index (χ1n) is 8.61. The lowest BCUT2D eigenvalue weighted by atomic mass is 10.0. The molecule has 7 heteroatoms. The summed E-state index contributed by atoms with van der Waals surface area (Å²) in [4.78, 5) is 0. The van der Waals surface area contributed by atoms with Crippen LogP contribution in [0.4, 0.5) is 0 Å². The molecule has 0 saturated carbocycles. The molecule has 4 atom stereocenters. The number of hydrogen-bond donors (Lipinski definition) is 1. The average molecular weight is 565 g/mol. The summed E-state index contributed by atoms with van der Waals surface area (Å²) in [5.74, 6) is 0. The molecule has 2 aromatic carbocycles. The lowest BCUT2D eigenvalue weighted by Gasteiger charge is -2.45. The minimum atomic E-state index is -0.850. The summed E-state index contributed by atoms with van der Waals surface area (Å²) in [7, 11) is 0. The molecule has 0 bridgehead atoms. The Hall–Kier alpha value is -0.280. The lowest BCUT2D eigenvalue weighted by Crippen LogP contribution is -2.60. The summed E-state index contributed by atoms with van der Waals surface area (Å²) in [5.41, 5.74) is 2.12. The topological polar surface area (TPSA) is 47.9 Å². The number of alkyl halides is 3. The second-order valence-electron chi connectivity index (χ2n) is 6.37. The Morgan fingerprint density at radius 1 is 0.926 bits per heavy atom. The van der Waals surface area contributed by atoms with Gasteiger partial charge >= 0.3 is 0 Å². The molecule has 0 aliphatic carbocycles. The van der Waals surface area contributed by atoms with Gasteiger partial charge in [0.2, 0.25) is 0 Å². The molecule has 2 aromatic rings. The van der Waals surface area contributed by atoms with Crippen LogP contribution in [-0.2, 0) is 27.4 Å². The van der Waals surface area contributed by atoms with Gasteiger partial charge in [-0.25, -0.2) is 0 Å². The maximum atomic E-state index is 10.8. The van der Waals surface area contributed by atoms with Crippen LogP contribution in [0.2, 0.25) is 0 Å². The summed E-state index contributed by atoms with van der Waals surface area (Å²) in [6.45, 7) is 1.16. The molecule has 146 valence electrons. The predicted octanol–water partition coefficient (Wildman–Crippen LogP) is 4.76. The molecule has 1 aliphatic heterocycles. The van der Waals surface area contributed by atoms with Crippen LogP contribution in [0.1, 0.15) is 11.1 Å². The van der Waals surface area contributed by atoms with Crippen molar-refractivity contribution in [2.45, 2.75) is 39.8 Å². The quantitative estimate of drug-likeness (QED) is 0.493. The van der Waals surface area contributed by atoms with Crippen LogP contribution in [0.5, 0.6) is 0 Å². The highest BCUT2D eigenvalue weighted by Crippen LogP contribution is 2.45. The van der Waals surface area contributed by atoms with Gasteiger partial charge in [0.1, 0.15) is 26.6 Å². The zero-order valence-corrected chi connectivity index (χ0v) is 19.3. The minimum absolute atomic E-state index is 0.309. The first kappa shape index (κ1) is 21.4. The van der Waals surface area contributed by atoms with Crippen LogP contribution >= 0.6 is 47.8 Å². The Balaban J connectivity index is 1.64. The molecule has 3 rings (SSSR count). The molecule has 0 radical (unpaired) electrons. The van der Waals surface area contributed by atoms with Crippen molar-refractivity contribution >= 4 is 47.8 Å². The number of rotatable bonds is 7. The fourth-order valence-corrected chi connectivity index (χ4v) is 4.13. The zero-order chi connectivity index (χ0) is 19.3. The molecule has 0 amide bonds. The van der Waals surface area contributed by atoms with Gasteiger partial charge in [-0.15, -0.1) is 0 Å². The molecule has 0 unspecified atom stereocenters. The van der Waals surface area contributed by atoms with Crippen molar-refractivity contribution in [1.82, 2.24) is 0 Å². The third-order valence-corrected chi connectivity index (χ3v) is 8.28. The molecular formula is C20H21Br3O4. The van der Waals surface area contributed by atoms with Gasteiger partial charge in [-0.1, -0.05) is 108 Å². The number of halogens is 3. The number of aliphatic hydroxyl groups is 1. The Morgan fingerprint density at radius 3 is 2.07 bits per heavy atom. The summed E-state index contributed by atoms with van der Waals surface area (Å²) in [6.07, 6.45) is -1.82. The third kappa shape index (κ3) is 5.63. The van der Waals surface area contributed by atoms with Gasteiger partial charge in [-0.05, 0) is 11.1 Å². The van der Waals surface area contributed by atoms with E-state index in [0.29, 0.717) is 19.8 Å². The molecule has 4 nitrogen and oxygen atoms in total. The molecule has 1 fully saturated rings. The van der Waals surface area contributed by atoms with Gasteiger partial charge < -0.3 is 19.3 Å². The second kappa shape index (κ2) is 9.96. The zero-order valence-electron chi connectivity index (χ0n) is 14.5. The molecule has 0 aromatic heterocycles. The first-order chi connectivity index (χ1) is 13.0. The van der Waals surface area contributed by atoms with Gasteiger partial charge in [0.05, 0.1) is 19.8 Å². The molecule has 1 heterocycles. The standard InChI is InChI=1S/C20H21Br3O4/c21-19-20(22,23)18(24)17(26-12-15-9-5-2-6-10-15)16(27-19)13-25-11-14-7-3-1-4-8-14/h1-10,16-19,24H,11-13H2/t16-,17-,18+,19+/m1/s1. The molecular weight excluding hydrogens is 544 g/mol. The third-order valence-electron chi connectivity index (χ3n) is 4.35. The normalized spacial score (nSPS) is 27.4. The highest BCUT2D eigenvalue weighted by atomic mass is 79.9. The molecule has 0 spiro atoms. The van der Waals surface area contributed by atoms with Crippen LogP contribution in [0.15, 0.2) is 60.7 Å². The summed E-state index contributed by atoms with van der Waals surface area (Å²) in [5, 5.41) is 10.4. The largest absolute Gasteiger partial charge is 0.388 e. The van der Waals surface area contributed by atoms with Gasteiger partial charge in [-0.2, -0.15) is 0 Å². The van der Waals surface area contributed by atoms with Crippen molar-refractivity contribution < 1.29 is 19.3 Å². The van der Waals surface area contributed by atoms with Gasteiger partial charge in [0, 0.05) is 0 Å². The van der Waals surface area contributed by atoms with Crippen molar-refractivity contribution in [1.29, 1.82) is 0 Å². The van der Waals surface area contributed by atoms with E-state index in [4.69, 9.17) is 14.2 Å². The second-order valence-corrected chi connectivity index (χ2v) is 10.9. The average Bonchev–Trinajstić information content (AvgIpc) is 2.68. The van der Waals surface area contributed by atoms with E-state index >= 15 is 0 Å². The van der Waals surface area contributed by atoms with E-state index in [2.05, 4.69) is 47.8 Å². The van der Waals surface area contributed by atoms with E-state index in [-0.39, 0.29) is 0 Å². The summed E-state index contributed by atoms with van der Waals surface area (Å²) < 4.78 is 17.1. The molecule has 27 heavy (non-hydrogen) atoms. The van der Waals surface area contributed by atoms with E-state index in [9.17, 15) is 5.11 Å². The molecule has 1 aliphatic rings. The van der Waals surface area contributed by atoms with Gasteiger partial charge in [-0.3, -0.25) is 0 Å². The smallest absolute Gasteiger partial charge is 0.145 e. The fourth-order valence-electron chi connectivity index (χ4n) is 2.84. The maximum absolute atomic E-state index is 10.8. The number of hydrogen-bond acceptors (Lipinski definition) is 4. The van der Waals surface area contributed by atoms with Crippen LogP contribution in [0, 0.1) is 0 Å². The van der Waals surface area contributed by atoms with Crippen LogP contribution < -0.4 is 0 Å². The minimum Gasteiger partial charge on any atom is -0.388 e. The highest BCUT2D eigenvalue weighted by Gasteiger charge is 2.53. The number of benzene rings is 2. The lowest BCUT2D eigenvalue weighted by molar-refractivity contribution is -0.187.